The predicted molar refractivity (Wildman–Crippen MR) is 119 cm³/mol. The Balaban J connectivity index is 1.75. The number of rotatable bonds is 6. The molecule has 30 heavy (non-hydrogen) atoms. The van der Waals surface area contributed by atoms with Gasteiger partial charge in [0.1, 0.15) is 5.75 Å². The molecule has 2 aromatic carbocycles. The van der Waals surface area contributed by atoms with Crippen LogP contribution < -0.4 is 20.9 Å². The molecule has 0 heterocycles. The normalized spacial score (nSPS) is 10.3. The molecule has 0 fully saturated rings. The van der Waals surface area contributed by atoms with Crippen LogP contribution in [0.3, 0.4) is 0 Å². The topological polar surface area (TPSA) is 123 Å². The van der Waals surface area contributed by atoms with E-state index in [1.807, 2.05) is 0 Å². The van der Waals surface area contributed by atoms with Crippen LogP contribution >= 0.6 is 39.7 Å². The highest BCUT2D eigenvalue weighted by Gasteiger charge is 2.08. The molecule has 0 atom stereocenters. The van der Waals surface area contributed by atoms with E-state index < -0.39 is 16.7 Å². The van der Waals surface area contributed by atoms with Crippen molar-refractivity contribution in [3.8, 4) is 5.75 Å². The molecule has 0 aliphatic heterocycles. The van der Waals surface area contributed by atoms with Crippen molar-refractivity contribution in [2.75, 3.05) is 6.61 Å². The molecule has 0 aliphatic rings. The van der Waals surface area contributed by atoms with Gasteiger partial charge < -0.3 is 4.74 Å². The fourth-order valence-electron chi connectivity index (χ4n) is 2.00. The zero-order chi connectivity index (χ0) is 22.1. The average molecular weight is 514 g/mol. The standard InChI is InChI=1S/C18H14BrClN4O5S/c19-12-5-6-15(14(20)9-12)29-10-17(26)22-23-18(30)21-16(25)7-4-11-2-1-3-13(8-11)24(27)28/h1-9H,10H2,(H,22,26)(H2,21,23,25,30)/b7-4+. The summed E-state index contributed by atoms with van der Waals surface area (Å²) in [6.45, 7) is -0.336. The monoisotopic (exact) mass is 512 g/mol. The summed E-state index contributed by atoms with van der Waals surface area (Å²) in [5, 5.41) is 13.2. The summed E-state index contributed by atoms with van der Waals surface area (Å²) in [5.74, 6) is -0.818. The summed E-state index contributed by atoms with van der Waals surface area (Å²) in [6.07, 6.45) is 2.53. The Morgan fingerprint density at radius 1 is 1.23 bits per heavy atom. The zero-order valence-electron chi connectivity index (χ0n) is 15.1. The molecule has 2 aromatic rings. The van der Waals surface area contributed by atoms with Gasteiger partial charge in [-0.2, -0.15) is 0 Å². The van der Waals surface area contributed by atoms with E-state index in [9.17, 15) is 19.7 Å². The Morgan fingerprint density at radius 2 is 2.00 bits per heavy atom. The van der Waals surface area contributed by atoms with Crippen molar-refractivity contribution in [1.29, 1.82) is 0 Å². The number of carbonyl (C=O) groups is 2. The number of nitrogens with one attached hydrogen (secondary N) is 3. The molecule has 0 saturated carbocycles. The molecule has 156 valence electrons. The number of non-ortho nitro benzene ring substituents is 1. The van der Waals surface area contributed by atoms with Crippen molar-refractivity contribution in [3.63, 3.8) is 0 Å². The zero-order valence-corrected chi connectivity index (χ0v) is 18.2. The lowest BCUT2D eigenvalue weighted by molar-refractivity contribution is -0.384. The van der Waals surface area contributed by atoms with Crippen LogP contribution in [0, 0.1) is 10.1 Å². The molecule has 0 bridgehead atoms. The number of thiocarbonyl (C=S) groups is 1. The Labute approximate surface area is 189 Å². The lowest BCUT2D eigenvalue weighted by Gasteiger charge is -2.11. The average Bonchev–Trinajstić information content (AvgIpc) is 2.70. The van der Waals surface area contributed by atoms with Gasteiger partial charge in [0, 0.05) is 22.7 Å². The minimum absolute atomic E-state index is 0.0934. The second-order valence-corrected chi connectivity index (χ2v) is 7.27. The number of nitro groups is 1. The number of ether oxygens (including phenoxy) is 1. The molecule has 0 spiro atoms. The molecule has 9 nitrogen and oxygen atoms in total. The molecule has 0 aromatic heterocycles. The van der Waals surface area contributed by atoms with Crippen molar-refractivity contribution in [1.82, 2.24) is 16.2 Å². The van der Waals surface area contributed by atoms with Crippen molar-refractivity contribution in [2.45, 2.75) is 0 Å². The van der Waals surface area contributed by atoms with Crippen LogP contribution in [-0.4, -0.2) is 28.5 Å². The van der Waals surface area contributed by atoms with Crippen molar-refractivity contribution >= 4 is 68.4 Å². The number of carbonyl (C=O) groups excluding carboxylic acids is 2. The van der Waals surface area contributed by atoms with Crippen LogP contribution in [-0.2, 0) is 9.59 Å². The van der Waals surface area contributed by atoms with Gasteiger partial charge in [-0.05, 0) is 42.1 Å². The maximum atomic E-state index is 11.9. The minimum atomic E-state index is -0.592. The number of nitrogens with zero attached hydrogens (tertiary/aromatic N) is 1. The SMILES string of the molecule is O=C(/C=C/c1cccc([N+](=O)[O-])c1)NC(=S)NNC(=O)COc1ccc(Br)cc1Cl. The molecule has 0 radical (unpaired) electrons. The van der Waals surface area contributed by atoms with Gasteiger partial charge in [0.15, 0.2) is 11.7 Å². The van der Waals surface area contributed by atoms with Gasteiger partial charge in [0.2, 0.25) is 5.91 Å². The Morgan fingerprint density at radius 3 is 2.70 bits per heavy atom. The van der Waals surface area contributed by atoms with E-state index >= 15 is 0 Å². The van der Waals surface area contributed by atoms with Crippen LogP contribution in [0.15, 0.2) is 53.0 Å². The summed E-state index contributed by atoms with van der Waals surface area (Å²) < 4.78 is 6.06. The summed E-state index contributed by atoms with van der Waals surface area (Å²) in [7, 11) is 0. The van der Waals surface area contributed by atoms with Gasteiger partial charge in [0.05, 0.1) is 9.95 Å². The maximum absolute atomic E-state index is 11.9. The molecular weight excluding hydrogens is 500 g/mol. The smallest absolute Gasteiger partial charge is 0.276 e. The van der Waals surface area contributed by atoms with Gasteiger partial charge in [0.25, 0.3) is 11.6 Å². The van der Waals surface area contributed by atoms with Crippen LogP contribution in [0.1, 0.15) is 5.56 Å². The predicted octanol–water partition coefficient (Wildman–Crippen LogP) is 3.12. The van der Waals surface area contributed by atoms with Gasteiger partial charge in [-0.15, -0.1) is 0 Å². The van der Waals surface area contributed by atoms with E-state index in [0.29, 0.717) is 16.3 Å². The number of halogens is 2. The fourth-order valence-corrected chi connectivity index (χ4v) is 2.88. The Bertz CT molecular complexity index is 1020. The third kappa shape index (κ3) is 7.78. The van der Waals surface area contributed by atoms with E-state index in [1.165, 1.54) is 24.3 Å². The third-order valence-electron chi connectivity index (χ3n) is 3.31. The minimum Gasteiger partial charge on any atom is -0.482 e. The molecule has 0 unspecified atom stereocenters. The van der Waals surface area contributed by atoms with Gasteiger partial charge >= 0.3 is 0 Å². The second-order valence-electron chi connectivity index (χ2n) is 5.54. The lowest BCUT2D eigenvalue weighted by Crippen LogP contribution is -2.49. The number of nitro benzene ring substituents is 1. The number of hydrazine groups is 1. The fraction of sp³-hybridized carbons (Fsp3) is 0.0556. The quantitative estimate of drug-likeness (QED) is 0.235. The molecule has 0 aliphatic carbocycles. The highest BCUT2D eigenvalue weighted by Crippen LogP contribution is 2.27. The van der Waals surface area contributed by atoms with Crippen LogP contribution in [0.4, 0.5) is 5.69 Å². The Hall–Kier alpha value is -3.02. The van der Waals surface area contributed by atoms with Gasteiger partial charge in [-0.3, -0.25) is 35.9 Å². The highest BCUT2D eigenvalue weighted by molar-refractivity contribution is 9.10. The molecule has 2 rings (SSSR count). The van der Waals surface area contributed by atoms with Crippen molar-refractivity contribution < 1.29 is 19.2 Å². The first-order valence-corrected chi connectivity index (χ1v) is 9.72. The van der Waals surface area contributed by atoms with E-state index in [4.69, 9.17) is 28.6 Å². The van der Waals surface area contributed by atoms with Crippen molar-refractivity contribution in [3.05, 3.63) is 73.7 Å². The number of hydrogen-bond donors (Lipinski definition) is 3. The molecule has 0 saturated heterocycles. The van der Waals surface area contributed by atoms with Crippen LogP contribution in [0.2, 0.25) is 5.02 Å². The largest absolute Gasteiger partial charge is 0.482 e. The maximum Gasteiger partial charge on any atom is 0.276 e. The van der Waals surface area contributed by atoms with Gasteiger partial charge in [-0.25, -0.2) is 0 Å². The first-order chi connectivity index (χ1) is 14.2. The summed E-state index contributed by atoms with van der Waals surface area (Å²) in [4.78, 5) is 33.9. The third-order valence-corrected chi connectivity index (χ3v) is 4.31. The van der Waals surface area contributed by atoms with Crippen LogP contribution in [0.5, 0.6) is 5.75 Å². The highest BCUT2D eigenvalue weighted by atomic mass is 79.9. The van der Waals surface area contributed by atoms with E-state index in [1.54, 1.807) is 24.3 Å². The Kier molecular flexibility index (Phi) is 8.71. The number of hydrogen-bond acceptors (Lipinski definition) is 6. The first-order valence-electron chi connectivity index (χ1n) is 8.15. The lowest BCUT2D eigenvalue weighted by atomic mass is 10.2. The van der Waals surface area contributed by atoms with Crippen molar-refractivity contribution in [2.24, 2.45) is 0 Å². The van der Waals surface area contributed by atoms with E-state index in [2.05, 4.69) is 32.1 Å². The molecule has 2 amide bonds. The van der Waals surface area contributed by atoms with E-state index in [0.717, 1.165) is 10.5 Å². The molecule has 3 N–H and O–H groups in total. The van der Waals surface area contributed by atoms with Crippen LogP contribution in [0.25, 0.3) is 6.08 Å². The molecular formula is C18H14BrClN4O5S. The summed E-state index contributed by atoms with van der Waals surface area (Å²) in [6, 6.07) is 10.7. The number of benzene rings is 2. The first kappa shape index (κ1) is 23.3. The summed E-state index contributed by atoms with van der Waals surface area (Å²) >= 11 is 14.1. The number of amides is 2. The van der Waals surface area contributed by atoms with Gasteiger partial charge in [-0.1, -0.05) is 39.7 Å². The molecule has 12 heteroatoms. The second kappa shape index (κ2) is 11.2. The summed E-state index contributed by atoms with van der Waals surface area (Å²) in [5.41, 5.74) is 4.99. The van der Waals surface area contributed by atoms with E-state index in [-0.39, 0.29) is 17.4 Å².